The van der Waals surface area contributed by atoms with E-state index in [-0.39, 0.29) is 11.4 Å². The lowest BCUT2D eigenvalue weighted by Gasteiger charge is -2.36. The molecule has 2 aliphatic rings. The molecule has 1 aliphatic carbocycles. The van der Waals surface area contributed by atoms with Gasteiger partial charge in [0.25, 0.3) is 0 Å². The molecule has 1 N–H and O–H groups in total. The summed E-state index contributed by atoms with van der Waals surface area (Å²) in [6.45, 7) is 2.20. The van der Waals surface area contributed by atoms with Crippen LogP contribution in [0.25, 0.3) is 0 Å². The van der Waals surface area contributed by atoms with Crippen molar-refractivity contribution >= 4 is 5.91 Å². The van der Waals surface area contributed by atoms with Crippen LogP contribution in [0.5, 0.6) is 0 Å². The van der Waals surface area contributed by atoms with Crippen molar-refractivity contribution in [2.24, 2.45) is 5.92 Å². The van der Waals surface area contributed by atoms with E-state index in [4.69, 9.17) is 0 Å². The lowest BCUT2D eigenvalue weighted by Crippen LogP contribution is -2.43. The molecule has 1 heterocycles. The van der Waals surface area contributed by atoms with Crippen molar-refractivity contribution in [2.45, 2.75) is 57.4 Å². The number of amides is 1. The Bertz CT molecular complexity index is 210. The molecule has 2 fully saturated rings. The minimum atomic E-state index is 0.183. The third-order valence-corrected chi connectivity index (χ3v) is 3.82. The van der Waals surface area contributed by atoms with Crippen molar-refractivity contribution in [3.05, 3.63) is 0 Å². The maximum Gasteiger partial charge on any atom is 0.220 e. The van der Waals surface area contributed by atoms with Crippen LogP contribution in [0.15, 0.2) is 0 Å². The lowest BCUT2D eigenvalue weighted by molar-refractivity contribution is -0.119. The number of carbonyl (C=O) groups is 1. The van der Waals surface area contributed by atoms with Gasteiger partial charge in [0.05, 0.1) is 0 Å². The van der Waals surface area contributed by atoms with E-state index in [1.54, 1.807) is 0 Å². The summed E-state index contributed by atoms with van der Waals surface area (Å²) in [4.78, 5) is 11.2. The van der Waals surface area contributed by atoms with E-state index < -0.39 is 0 Å². The Balaban J connectivity index is 1.94. The summed E-state index contributed by atoms with van der Waals surface area (Å²) in [7, 11) is 0. The van der Waals surface area contributed by atoms with E-state index in [2.05, 4.69) is 12.2 Å². The van der Waals surface area contributed by atoms with E-state index in [1.165, 1.54) is 25.7 Å². The molecule has 1 saturated heterocycles. The molecule has 2 heteroatoms. The summed E-state index contributed by atoms with van der Waals surface area (Å²) in [5.41, 5.74) is 0.183. The second-order valence-corrected chi connectivity index (χ2v) is 4.68. The molecule has 1 saturated carbocycles. The predicted octanol–water partition coefficient (Wildman–Crippen LogP) is 2.24. The molecule has 0 aromatic rings. The first-order valence-corrected chi connectivity index (χ1v) is 5.55. The molecule has 0 bridgehead atoms. The number of nitrogens with one attached hydrogen (secondary N) is 1. The fourth-order valence-corrected chi connectivity index (χ4v) is 2.59. The SMILES string of the molecule is CCC1(CC2CCC2)CCC(=O)N1. The number of hydrogen-bond donors (Lipinski definition) is 1. The van der Waals surface area contributed by atoms with Crippen molar-refractivity contribution in [3.63, 3.8) is 0 Å². The molecule has 1 unspecified atom stereocenters. The second-order valence-electron chi connectivity index (χ2n) is 4.68. The summed E-state index contributed by atoms with van der Waals surface area (Å²) in [6, 6.07) is 0. The van der Waals surface area contributed by atoms with Crippen molar-refractivity contribution in [2.75, 3.05) is 0 Å². The van der Waals surface area contributed by atoms with Gasteiger partial charge in [0, 0.05) is 12.0 Å². The van der Waals surface area contributed by atoms with Crippen molar-refractivity contribution < 1.29 is 4.79 Å². The highest BCUT2D eigenvalue weighted by molar-refractivity contribution is 5.79. The van der Waals surface area contributed by atoms with Crippen LogP contribution in [0.1, 0.15) is 51.9 Å². The second kappa shape index (κ2) is 3.32. The molecular weight excluding hydrogens is 162 g/mol. The minimum absolute atomic E-state index is 0.183. The van der Waals surface area contributed by atoms with Gasteiger partial charge in [-0.05, 0) is 25.2 Å². The smallest absolute Gasteiger partial charge is 0.220 e. The molecule has 74 valence electrons. The Morgan fingerprint density at radius 3 is 2.69 bits per heavy atom. The first kappa shape index (κ1) is 9.04. The zero-order valence-corrected chi connectivity index (χ0v) is 8.44. The van der Waals surface area contributed by atoms with Crippen LogP contribution in [0.3, 0.4) is 0 Å². The molecule has 2 nitrogen and oxygen atoms in total. The van der Waals surface area contributed by atoms with Gasteiger partial charge < -0.3 is 5.32 Å². The molecule has 0 aromatic carbocycles. The third kappa shape index (κ3) is 1.72. The molecule has 1 atom stereocenters. The average Bonchev–Trinajstić information content (AvgIpc) is 2.42. The molecule has 0 aromatic heterocycles. The monoisotopic (exact) mass is 181 g/mol. The van der Waals surface area contributed by atoms with Gasteiger partial charge in [0.2, 0.25) is 5.91 Å². The van der Waals surface area contributed by atoms with Crippen LogP contribution in [-0.2, 0) is 4.79 Å². The van der Waals surface area contributed by atoms with Crippen LogP contribution in [-0.4, -0.2) is 11.4 Å². The van der Waals surface area contributed by atoms with Gasteiger partial charge in [-0.2, -0.15) is 0 Å². The molecular formula is C11H19NO. The van der Waals surface area contributed by atoms with Gasteiger partial charge >= 0.3 is 0 Å². The van der Waals surface area contributed by atoms with Gasteiger partial charge in [-0.25, -0.2) is 0 Å². The Morgan fingerprint density at radius 1 is 1.54 bits per heavy atom. The standard InChI is InChI=1S/C11H19NO/c1-2-11(7-6-10(13)12-11)8-9-4-3-5-9/h9H,2-8H2,1H3,(H,12,13). The summed E-state index contributed by atoms with van der Waals surface area (Å²) in [5.74, 6) is 1.17. The topological polar surface area (TPSA) is 29.1 Å². The fraction of sp³-hybridized carbons (Fsp3) is 0.909. The van der Waals surface area contributed by atoms with E-state index in [0.29, 0.717) is 0 Å². The highest BCUT2D eigenvalue weighted by atomic mass is 16.2. The zero-order chi connectivity index (χ0) is 9.31. The Morgan fingerprint density at radius 2 is 2.31 bits per heavy atom. The highest BCUT2D eigenvalue weighted by Gasteiger charge is 2.38. The maximum absolute atomic E-state index is 11.2. The summed E-state index contributed by atoms with van der Waals surface area (Å²) < 4.78 is 0. The van der Waals surface area contributed by atoms with E-state index >= 15 is 0 Å². The van der Waals surface area contributed by atoms with Crippen molar-refractivity contribution in [1.82, 2.24) is 5.32 Å². The van der Waals surface area contributed by atoms with Crippen LogP contribution in [0.2, 0.25) is 0 Å². The quantitative estimate of drug-likeness (QED) is 0.710. The number of rotatable bonds is 3. The summed E-state index contributed by atoms with van der Waals surface area (Å²) in [5, 5.41) is 3.18. The molecule has 13 heavy (non-hydrogen) atoms. The maximum atomic E-state index is 11.2. The largest absolute Gasteiger partial charge is 0.351 e. The highest BCUT2D eigenvalue weighted by Crippen LogP contribution is 2.38. The first-order chi connectivity index (χ1) is 6.24. The fourth-order valence-electron chi connectivity index (χ4n) is 2.59. The normalized spacial score (nSPS) is 34.4. The molecule has 0 spiro atoms. The van der Waals surface area contributed by atoms with Gasteiger partial charge in [-0.1, -0.05) is 26.2 Å². The van der Waals surface area contributed by atoms with Gasteiger partial charge in [-0.15, -0.1) is 0 Å². The lowest BCUT2D eigenvalue weighted by atomic mass is 9.74. The summed E-state index contributed by atoms with van der Waals surface area (Å²) in [6.07, 6.45) is 8.33. The van der Waals surface area contributed by atoms with Crippen LogP contribution in [0, 0.1) is 5.92 Å². The summed E-state index contributed by atoms with van der Waals surface area (Å²) >= 11 is 0. The molecule has 0 radical (unpaired) electrons. The molecule has 2 rings (SSSR count). The van der Waals surface area contributed by atoms with Gasteiger partial charge in [0.1, 0.15) is 0 Å². The molecule has 1 amide bonds. The average molecular weight is 181 g/mol. The number of carbonyl (C=O) groups excluding carboxylic acids is 1. The van der Waals surface area contributed by atoms with Crippen LogP contribution < -0.4 is 5.32 Å². The van der Waals surface area contributed by atoms with Crippen LogP contribution >= 0.6 is 0 Å². The third-order valence-electron chi connectivity index (χ3n) is 3.82. The Kier molecular flexibility index (Phi) is 2.31. The Hall–Kier alpha value is -0.530. The van der Waals surface area contributed by atoms with Gasteiger partial charge in [0.15, 0.2) is 0 Å². The Labute approximate surface area is 80.1 Å². The van der Waals surface area contributed by atoms with E-state index in [0.717, 1.165) is 25.2 Å². The number of hydrogen-bond acceptors (Lipinski definition) is 1. The van der Waals surface area contributed by atoms with Crippen molar-refractivity contribution in [1.29, 1.82) is 0 Å². The van der Waals surface area contributed by atoms with Crippen molar-refractivity contribution in [3.8, 4) is 0 Å². The van der Waals surface area contributed by atoms with E-state index in [1.807, 2.05) is 0 Å². The van der Waals surface area contributed by atoms with Gasteiger partial charge in [-0.3, -0.25) is 4.79 Å². The zero-order valence-electron chi connectivity index (χ0n) is 8.44. The predicted molar refractivity (Wildman–Crippen MR) is 52.4 cm³/mol. The minimum Gasteiger partial charge on any atom is -0.351 e. The van der Waals surface area contributed by atoms with E-state index in [9.17, 15) is 4.79 Å². The first-order valence-electron chi connectivity index (χ1n) is 5.55. The molecule has 1 aliphatic heterocycles. The van der Waals surface area contributed by atoms with Crippen LogP contribution in [0.4, 0.5) is 0 Å².